The molecule has 8 heteroatoms. The molecule has 1 aliphatic rings. The Labute approximate surface area is 186 Å². The van der Waals surface area contributed by atoms with Gasteiger partial charge in [-0.15, -0.1) is 0 Å². The normalized spacial score (nSPS) is 14.8. The van der Waals surface area contributed by atoms with Crippen molar-refractivity contribution in [2.75, 3.05) is 37.6 Å². The summed E-state index contributed by atoms with van der Waals surface area (Å²) >= 11 is 12.3. The summed E-state index contributed by atoms with van der Waals surface area (Å²) in [5.41, 5.74) is 2.65. The molecule has 4 rings (SSSR count). The number of hydrogen-bond donors (Lipinski definition) is 0. The smallest absolute Gasteiger partial charge is 0.233 e. The van der Waals surface area contributed by atoms with Crippen molar-refractivity contribution in [2.24, 2.45) is 0 Å². The summed E-state index contributed by atoms with van der Waals surface area (Å²) < 4.78 is 1.85. The quantitative estimate of drug-likeness (QED) is 0.532. The van der Waals surface area contributed by atoms with Gasteiger partial charge < -0.3 is 4.90 Å². The number of rotatable bonds is 6. The van der Waals surface area contributed by atoms with Crippen LogP contribution in [-0.4, -0.2) is 57.9 Å². The van der Waals surface area contributed by atoms with Gasteiger partial charge in [-0.2, -0.15) is 0 Å². The highest BCUT2D eigenvalue weighted by molar-refractivity contribution is 6.35. The van der Waals surface area contributed by atoms with Crippen molar-refractivity contribution < 1.29 is 4.79 Å². The Morgan fingerprint density at radius 3 is 2.37 bits per heavy atom. The number of nitrogens with zero attached hydrogens (tertiary/aromatic N) is 5. The molecule has 1 aliphatic heterocycles. The maximum absolute atomic E-state index is 12.8. The Bertz CT molecular complexity index is 1010. The first-order valence-corrected chi connectivity index (χ1v) is 10.7. The predicted octanol–water partition coefficient (Wildman–Crippen LogP) is 4.28. The minimum absolute atomic E-state index is 0.145. The lowest BCUT2D eigenvalue weighted by Crippen LogP contribution is -2.46. The van der Waals surface area contributed by atoms with E-state index in [1.54, 1.807) is 24.5 Å². The molecule has 2 aromatic heterocycles. The van der Waals surface area contributed by atoms with Crippen molar-refractivity contribution in [1.29, 1.82) is 0 Å². The Morgan fingerprint density at radius 2 is 1.70 bits per heavy atom. The monoisotopic (exact) mass is 443 g/mol. The molecule has 0 N–H and O–H groups in total. The summed E-state index contributed by atoms with van der Waals surface area (Å²) in [6.45, 7) is 6.23. The predicted molar refractivity (Wildman–Crippen MR) is 120 cm³/mol. The zero-order chi connectivity index (χ0) is 21.1. The number of carbonyl (C=O) groups is 1. The number of ketones is 1. The fourth-order valence-electron chi connectivity index (χ4n) is 3.78. The van der Waals surface area contributed by atoms with Crippen LogP contribution < -0.4 is 4.90 Å². The number of carbonyl (C=O) groups excluding carboxylic acids is 1. The average Bonchev–Trinajstić information content (AvgIpc) is 3.14. The number of aromatic nitrogens is 3. The van der Waals surface area contributed by atoms with Crippen LogP contribution in [0, 0.1) is 6.92 Å². The molecule has 0 unspecified atom stereocenters. The molecule has 0 aliphatic carbocycles. The molecule has 0 radical (unpaired) electrons. The van der Waals surface area contributed by atoms with Crippen molar-refractivity contribution in [3.8, 4) is 5.95 Å². The van der Waals surface area contributed by atoms with Crippen molar-refractivity contribution in [3.63, 3.8) is 0 Å². The Balaban J connectivity index is 1.32. The van der Waals surface area contributed by atoms with Crippen LogP contribution in [0.5, 0.6) is 0 Å². The minimum atomic E-state index is 0.145. The third-order valence-corrected chi connectivity index (χ3v) is 5.89. The summed E-state index contributed by atoms with van der Waals surface area (Å²) in [6.07, 6.45) is 5.73. The lowest BCUT2D eigenvalue weighted by atomic mass is 10.1. The second kappa shape index (κ2) is 9.16. The van der Waals surface area contributed by atoms with Crippen LogP contribution in [0.25, 0.3) is 5.95 Å². The summed E-state index contributed by atoms with van der Waals surface area (Å²) in [6, 6.07) is 9.25. The molecule has 0 spiro atoms. The van der Waals surface area contributed by atoms with Gasteiger partial charge in [0, 0.05) is 84.7 Å². The molecule has 3 aromatic rings. The van der Waals surface area contributed by atoms with E-state index < -0.39 is 0 Å². The average molecular weight is 444 g/mol. The highest BCUT2D eigenvalue weighted by Crippen LogP contribution is 2.26. The molecule has 6 nitrogen and oxygen atoms in total. The zero-order valence-corrected chi connectivity index (χ0v) is 18.3. The summed E-state index contributed by atoms with van der Waals surface area (Å²) in [5.74, 6) is 0.720. The molecule has 1 fully saturated rings. The molecular formula is C22H23Cl2N5O. The van der Waals surface area contributed by atoms with Crippen LogP contribution in [0.15, 0.2) is 48.9 Å². The van der Waals surface area contributed by atoms with E-state index in [1.807, 2.05) is 35.9 Å². The molecule has 0 atom stereocenters. The molecule has 3 heterocycles. The summed E-state index contributed by atoms with van der Waals surface area (Å²) in [7, 11) is 0. The number of halogens is 2. The second-order valence-corrected chi connectivity index (χ2v) is 8.24. The SMILES string of the molecule is Cc1c(C(=O)CCN2CCN(c3cc(Cl)cc(Cl)c3)CC2)ccn1-c1ncccn1. The van der Waals surface area contributed by atoms with E-state index in [2.05, 4.69) is 19.8 Å². The number of piperazine rings is 1. The first-order chi connectivity index (χ1) is 14.5. The second-order valence-electron chi connectivity index (χ2n) is 7.36. The van der Waals surface area contributed by atoms with Gasteiger partial charge in [0.15, 0.2) is 5.78 Å². The molecular weight excluding hydrogens is 421 g/mol. The maximum atomic E-state index is 12.8. The van der Waals surface area contributed by atoms with E-state index >= 15 is 0 Å². The topological polar surface area (TPSA) is 54.3 Å². The number of Topliss-reactive ketones (excluding diaryl/α,β-unsaturated/α-hetero) is 1. The summed E-state index contributed by atoms with van der Waals surface area (Å²) in [4.78, 5) is 25.9. The van der Waals surface area contributed by atoms with E-state index in [4.69, 9.17) is 23.2 Å². The molecule has 0 amide bonds. The number of hydrogen-bond acceptors (Lipinski definition) is 5. The van der Waals surface area contributed by atoms with E-state index in [-0.39, 0.29) is 5.78 Å². The van der Waals surface area contributed by atoms with Crippen molar-refractivity contribution in [1.82, 2.24) is 19.4 Å². The highest BCUT2D eigenvalue weighted by atomic mass is 35.5. The third-order valence-electron chi connectivity index (χ3n) is 5.45. The van der Waals surface area contributed by atoms with Crippen LogP contribution in [0.4, 0.5) is 5.69 Å². The van der Waals surface area contributed by atoms with Crippen LogP contribution in [0.2, 0.25) is 10.0 Å². The first-order valence-electron chi connectivity index (χ1n) is 9.93. The summed E-state index contributed by atoms with van der Waals surface area (Å²) in [5, 5.41) is 1.29. The van der Waals surface area contributed by atoms with Crippen LogP contribution >= 0.6 is 23.2 Å². The van der Waals surface area contributed by atoms with Crippen molar-refractivity contribution in [3.05, 3.63) is 70.2 Å². The third kappa shape index (κ3) is 4.67. The Morgan fingerprint density at radius 1 is 1.03 bits per heavy atom. The van der Waals surface area contributed by atoms with Gasteiger partial charge >= 0.3 is 0 Å². The number of benzene rings is 1. The van der Waals surface area contributed by atoms with E-state index in [0.29, 0.717) is 22.4 Å². The molecule has 0 bridgehead atoms. The van der Waals surface area contributed by atoms with Crippen LogP contribution in [-0.2, 0) is 0 Å². The van der Waals surface area contributed by atoms with Gasteiger partial charge in [0.05, 0.1) is 0 Å². The van der Waals surface area contributed by atoms with Gasteiger partial charge in [-0.25, -0.2) is 9.97 Å². The largest absolute Gasteiger partial charge is 0.369 e. The van der Waals surface area contributed by atoms with Gasteiger partial charge in [-0.1, -0.05) is 23.2 Å². The lowest BCUT2D eigenvalue weighted by Gasteiger charge is -2.36. The van der Waals surface area contributed by atoms with E-state index in [9.17, 15) is 4.79 Å². The van der Waals surface area contributed by atoms with Gasteiger partial charge in [-0.3, -0.25) is 14.3 Å². The fourth-order valence-corrected chi connectivity index (χ4v) is 4.30. The molecule has 1 saturated heterocycles. The Kier molecular flexibility index (Phi) is 6.37. The van der Waals surface area contributed by atoms with Gasteiger partial charge in [0.2, 0.25) is 5.95 Å². The number of anilines is 1. The van der Waals surface area contributed by atoms with Gasteiger partial charge in [-0.05, 0) is 37.3 Å². The fraction of sp³-hybridized carbons (Fsp3) is 0.318. The first kappa shape index (κ1) is 20.8. The van der Waals surface area contributed by atoms with Crippen LogP contribution in [0.3, 0.4) is 0 Å². The highest BCUT2D eigenvalue weighted by Gasteiger charge is 2.20. The Hall–Kier alpha value is -2.41. The van der Waals surface area contributed by atoms with E-state index in [1.165, 1.54) is 0 Å². The maximum Gasteiger partial charge on any atom is 0.233 e. The van der Waals surface area contributed by atoms with Crippen molar-refractivity contribution in [2.45, 2.75) is 13.3 Å². The molecule has 30 heavy (non-hydrogen) atoms. The van der Waals surface area contributed by atoms with E-state index in [0.717, 1.165) is 49.7 Å². The zero-order valence-electron chi connectivity index (χ0n) is 16.8. The van der Waals surface area contributed by atoms with Gasteiger partial charge in [0.1, 0.15) is 0 Å². The molecule has 0 saturated carbocycles. The van der Waals surface area contributed by atoms with Gasteiger partial charge in [0.25, 0.3) is 0 Å². The van der Waals surface area contributed by atoms with Crippen LogP contribution in [0.1, 0.15) is 22.5 Å². The standard InChI is InChI=1S/C22H23Cl2N5O/c1-16-20(3-8-29(16)22-25-5-2-6-26-22)21(30)4-7-27-9-11-28(12-10-27)19-14-17(23)13-18(24)15-19/h2-3,5-6,8,13-15H,4,7,9-12H2,1H3. The molecule has 1 aromatic carbocycles. The van der Waals surface area contributed by atoms with Crippen molar-refractivity contribution >= 4 is 34.7 Å². The lowest BCUT2D eigenvalue weighted by molar-refractivity contribution is 0.0962. The minimum Gasteiger partial charge on any atom is -0.369 e. The molecule has 156 valence electrons.